The summed E-state index contributed by atoms with van der Waals surface area (Å²) in [6.45, 7) is 0.143. The molecule has 1 unspecified atom stereocenters. The Balaban J connectivity index is 0.00000200. The topological polar surface area (TPSA) is 71.2 Å². The van der Waals surface area contributed by atoms with E-state index >= 15 is 0 Å². The normalized spacial score (nSPS) is 19.1. The number of carbonyl (C=O) groups excluding carboxylic acids is 2. The summed E-state index contributed by atoms with van der Waals surface area (Å²) in [5.41, 5.74) is 1.26. The fourth-order valence-electron chi connectivity index (χ4n) is 1.81. The molecule has 0 aliphatic carbocycles. The van der Waals surface area contributed by atoms with Gasteiger partial charge in [-0.2, -0.15) is 0 Å². The van der Waals surface area contributed by atoms with Gasteiger partial charge in [0.25, 0.3) is 0 Å². The number of rotatable bonds is 4. The number of nitrogens with one attached hydrogen (secondary N) is 1. The molecule has 104 valence electrons. The van der Waals surface area contributed by atoms with E-state index in [4.69, 9.17) is 5.21 Å². The van der Waals surface area contributed by atoms with Gasteiger partial charge in [0, 0.05) is 17.7 Å². The van der Waals surface area contributed by atoms with Crippen LogP contribution in [0.4, 0.5) is 0 Å². The first-order valence-electron chi connectivity index (χ1n) is 5.76. The van der Waals surface area contributed by atoms with Crippen LogP contribution in [0.5, 0.6) is 0 Å². The minimum absolute atomic E-state index is 0. The highest BCUT2D eigenvalue weighted by molar-refractivity contribution is 6.06. The van der Waals surface area contributed by atoms with Gasteiger partial charge in [0.2, 0.25) is 12.1 Å². The highest BCUT2D eigenvalue weighted by atomic mass is 35.5. The first-order valence-corrected chi connectivity index (χ1v) is 5.76. The van der Waals surface area contributed by atoms with Crippen LogP contribution < -0.4 is 17.3 Å². The summed E-state index contributed by atoms with van der Waals surface area (Å²) in [4.78, 5) is 23.6. The summed E-state index contributed by atoms with van der Waals surface area (Å²) in [5.74, 6) is -0.0580. The molecule has 0 spiro atoms. The predicted octanol–water partition coefficient (Wildman–Crippen LogP) is -2.80. The largest absolute Gasteiger partial charge is 1.00 e. The zero-order valence-electron chi connectivity index (χ0n) is 10.5. The maximum atomic E-state index is 12.0. The molecule has 6 heteroatoms. The number of carbonyl (C=O) groups is 2. The molecule has 0 bridgehead atoms. The number of aldehydes is 1. The summed E-state index contributed by atoms with van der Waals surface area (Å²) < 4.78 is 0. The molecule has 1 aromatic carbocycles. The van der Waals surface area contributed by atoms with Crippen LogP contribution >= 0.6 is 0 Å². The van der Waals surface area contributed by atoms with Crippen molar-refractivity contribution in [2.24, 2.45) is 5.16 Å². The lowest BCUT2D eigenvalue weighted by molar-refractivity contribution is -0.789. The van der Waals surface area contributed by atoms with Gasteiger partial charge in [0.15, 0.2) is 12.2 Å². The minimum atomic E-state index is -0.0580. The SMILES string of the molecule is O=CC1=C/C(=N/O)C=C[NH+]1CC(=O)c1ccccc1.[Cl-]. The maximum absolute atomic E-state index is 12.0. The van der Waals surface area contributed by atoms with Crippen molar-refractivity contribution in [2.45, 2.75) is 0 Å². The monoisotopic (exact) mass is 292 g/mol. The lowest BCUT2D eigenvalue weighted by Gasteiger charge is -2.15. The van der Waals surface area contributed by atoms with E-state index in [0.29, 0.717) is 22.4 Å². The van der Waals surface area contributed by atoms with E-state index in [1.807, 2.05) is 6.07 Å². The van der Waals surface area contributed by atoms with Gasteiger partial charge >= 0.3 is 0 Å². The molecular weight excluding hydrogens is 280 g/mol. The standard InChI is InChI=1S/C14H12N2O3.ClH/c17-10-13-8-12(15-19)6-7-16(13)9-14(18)11-4-2-1-3-5-11;/h1-8,10,19H,9H2;1H/b15-12+;. The van der Waals surface area contributed by atoms with Crippen LogP contribution in [-0.4, -0.2) is 29.5 Å². The number of hydrogen-bond donors (Lipinski definition) is 2. The average Bonchev–Trinajstić information content (AvgIpc) is 2.48. The van der Waals surface area contributed by atoms with E-state index < -0.39 is 0 Å². The van der Waals surface area contributed by atoms with E-state index in [9.17, 15) is 9.59 Å². The maximum Gasteiger partial charge on any atom is 0.217 e. The van der Waals surface area contributed by atoms with Gasteiger partial charge < -0.3 is 17.6 Å². The van der Waals surface area contributed by atoms with Crippen LogP contribution in [-0.2, 0) is 4.79 Å². The van der Waals surface area contributed by atoms with Crippen LogP contribution in [0.3, 0.4) is 0 Å². The first-order chi connectivity index (χ1) is 9.24. The fraction of sp³-hybridized carbons (Fsp3) is 0.0714. The quantitative estimate of drug-likeness (QED) is 0.273. The second kappa shape index (κ2) is 7.37. The molecular formula is C14H13ClN2O3. The molecule has 1 heterocycles. The molecule has 2 N–H and O–H groups in total. The Morgan fingerprint density at radius 1 is 1.30 bits per heavy atom. The molecule has 0 saturated carbocycles. The van der Waals surface area contributed by atoms with Crippen molar-refractivity contribution in [2.75, 3.05) is 6.54 Å². The van der Waals surface area contributed by atoms with Gasteiger partial charge in [0.1, 0.15) is 11.9 Å². The Bertz CT molecular complexity index is 579. The lowest BCUT2D eigenvalue weighted by atomic mass is 10.1. The Hall–Kier alpha value is -2.24. The molecule has 2 rings (SSSR count). The van der Waals surface area contributed by atoms with Crippen molar-refractivity contribution in [3.05, 3.63) is 59.9 Å². The molecule has 0 amide bonds. The van der Waals surface area contributed by atoms with Gasteiger partial charge in [-0.3, -0.25) is 14.5 Å². The minimum Gasteiger partial charge on any atom is -1.00 e. The number of Topliss-reactive ketones (excluding diaryl/α,β-unsaturated/α-hetero) is 1. The number of quaternary nitrogens is 1. The molecule has 1 aliphatic heterocycles. The molecule has 0 aromatic heterocycles. The zero-order valence-corrected chi connectivity index (χ0v) is 11.2. The van der Waals surface area contributed by atoms with Crippen LogP contribution in [0.2, 0.25) is 0 Å². The average molecular weight is 293 g/mol. The van der Waals surface area contributed by atoms with Gasteiger partial charge in [0.05, 0.1) is 0 Å². The Labute approximate surface area is 122 Å². The lowest BCUT2D eigenvalue weighted by Crippen LogP contribution is -3.07. The molecule has 1 atom stereocenters. The van der Waals surface area contributed by atoms with Crippen LogP contribution in [0.15, 0.2) is 59.5 Å². The first kappa shape index (κ1) is 15.8. The zero-order chi connectivity index (χ0) is 13.7. The van der Waals surface area contributed by atoms with E-state index in [0.717, 1.165) is 0 Å². The van der Waals surface area contributed by atoms with E-state index in [2.05, 4.69) is 5.16 Å². The van der Waals surface area contributed by atoms with Crippen molar-refractivity contribution >= 4 is 17.8 Å². The predicted molar refractivity (Wildman–Crippen MR) is 69.1 cm³/mol. The van der Waals surface area contributed by atoms with Crippen molar-refractivity contribution in [1.82, 2.24) is 0 Å². The summed E-state index contributed by atoms with van der Waals surface area (Å²) in [5, 5.41) is 11.7. The highest BCUT2D eigenvalue weighted by Crippen LogP contribution is 1.99. The third-order valence-electron chi connectivity index (χ3n) is 2.82. The number of benzene rings is 1. The number of hydrogen-bond acceptors (Lipinski definition) is 4. The molecule has 0 saturated heterocycles. The van der Waals surface area contributed by atoms with Crippen LogP contribution in [0.1, 0.15) is 10.4 Å². The third-order valence-corrected chi connectivity index (χ3v) is 2.82. The molecule has 1 aromatic rings. The summed E-state index contributed by atoms with van der Waals surface area (Å²) >= 11 is 0. The van der Waals surface area contributed by atoms with Gasteiger partial charge in [-0.1, -0.05) is 35.5 Å². The fourth-order valence-corrected chi connectivity index (χ4v) is 1.81. The van der Waals surface area contributed by atoms with E-state index in [-0.39, 0.29) is 30.4 Å². The number of oxime groups is 1. The molecule has 1 aliphatic rings. The summed E-state index contributed by atoms with van der Waals surface area (Å²) in [7, 11) is 0. The smallest absolute Gasteiger partial charge is 0.217 e. The van der Waals surface area contributed by atoms with Crippen molar-refractivity contribution in [3.63, 3.8) is 0 Å². The number of nitrogens with zero attached hydrogens (tertiary/aromatic N) is 1. The van der Waals surface area contributed by atoms with Gasteiger partial charge in [-0.05, 0) is 0 Å². The summed E-state index contributed by atoms with van der Waals surface area (Å²) in [6.07, 6.45) is 5.28. The van der Waals surface area contributed by atoms with Crippen LogP contribution in [0, 0.1) is 0 Å². The Morgan fingerprint density at radius 3 is 2.60 bits per heavy atom. The van der Waals surface area contributed by atoms with Gasteiger partial charge in [-0.25, -0.2) is 0 Å². The Kier molecular flexibility index (Phi) is 5.83. The number of halogens is 1. The van der Waals surface area contributed by atoms with Crippen LogP contribution in [0.25, 0.3) is 0 Å². The Morgan fingerprint density at radius 2 is 2.00 bits per heavy atom. The second-order valence-electron chi connectivity index (χ2n) is 4.07. The highest BCUT2D eigenvalue weighted by Gasteiger charge is 2.21. The van der Waals surface area contributed by atoms with Crippen molar-refractivity contribution in [1.29, 1.82) is 0 Å². The molecule has 5 nitrogen and oxygen atoms in total. The third kappa shape index (κ3) is 3.63. The molecule has 0 radical (unpaired) electrons. The van der Waals surface area contributed by atoms with E-state index in [1.165, 1.54) is 6.08 Å². The molecule has 20 heavy (non-hydrogen) atoms. The summed E-state index contributed by atoms with van der Waals surface area (Å²) in [6, 6.07) is 8.90. The van der Waals surface area contributed by atoms with Crippen molar-refractivity contribution in [3.8, 4) is 0 Å². The second-order valence-corrected chi connectivity index (χ2v) is 4.07. The number of ketones is 1. The molecule has 0 fully saturated rings. The van der Waals surface area contributed by atoms with Crippen molar-refractivity contribution < 1.29 is 32.1 Å². The number of allylic oxidation sites excluding steroid dienone is 3. The van der Waals surface area contributed by atoms with E-state index in [1.54, 1.807) is 36.5 Å². The van der Waals surface area contributed by atoms with Gasteiger partial charge in [-0.15, -0.1) is 0 Å².